The Morgan fingerprint density at radius 2 is 2.14 bits per heavy atom. The Morgan fingerprint density at radius 1 is 1.43 bits per heavy atom. The van der Waals surface area contributed by atoms with E-state index in [1.807, 2.05) is 0 Å². The predicted octanol–water partition coefficient (Wildman–Crippen LogP) is 4.42. The number of hydrogen-bond donors (Lipinski definition) is 1. The number of alkyl halides is 1. The van der Waals surface area contributed by atoms with Gasteiger partial charge < -0.3 is 9.84 Å². The first kappa shape index (κ1) is 21.0. The van der Waals surface area contributed by atoms with Crippen LogP contribution < -0.4 is 0 Å². The van der Waals surface area contributed by atoms with Crippen LogP contribution >= 0.6 is 11.8 Å². The fourth-order valence-corrected chi connectivity index (χ4v) is 5.20. The number of carboxylic acid groups (broad SMARTS) is 1. The molecule has 0 spiro atoms. The van der Waals surface area contributed by atoms with Crippen LogP contribution in [0.25, 0.3) is 0 Å². The quantitative estimate of drug-likeness (QED) is 0.776. The molecule has 28 heavy (non-hydrogen) atoms. The zero-order valence-electron chi connectivity index (χ0n) is 15.9. The maximum Gasteiger partial charge on any atom is 0.413 e. The van der Waals surface area contributed by atoms with Gasteiger partial charge in [-0.05, 0) is 33.3 Å². The third kappa shape index (κ3) is 3.74. The molecule has 3 rings (SSSR count). The molecule has 0 aliphatic carbocycles. The lowest BCUT2D eigenvalue weighted by Gasteiger charge is -2.48. The summed E-state index contributed by atoms with van der Waals surface area (Å²) in [4.78, 5) is 17.7. The van der Waals surface area contributed by atoms with Crippen LogP contribution in [0.15, 0.2) is 23.2 Å². The summed E-state index contributed by atoms with van der Waals surface area (Å²) in [5.74, 6) is -1.34. The Morgan fingerprint density at radius 3 is 2.71 bits per heavy atom. The highest BCUT2D eigenvalue weighted by Gasteiger charge is 2.51. The highest BCUT2D eigenvalue weighted by atomic mass is 32.2. The lowest BCUT2D eigenvalue weighted by atomic mass is 9.75. The monoisotopic (exact) mass is 416 g/mol. The number of benzene rings is 1. The Kier molecular flexibility index (Phi) is 5.69. The topological polar surface area (TPSA) is 62.1 Å². The Balaban J connectivity index is 2.15. The first-order chi connectivity index (χ1) is 13.1. The van der Waals surface area contributed by atoms with Crippen LogP contribution in [-0.2, 0) is 10.3 Å². The summed E-state index contributed by atoms with van der Waals surface area (Å²) in [5.41, 5.74) is -1.87. The number of halogens is 3. The molecule has 154 valence electrons. The van der Waals surface area contributed by atoms with Crippen LogP contribution in [0.4, 0.5) is 18.0 Å². The number of hydrogen-bond acceptors (Lipinski definition) is 4. The van der Waals surface area contributed by atoms with Crippen LogP contribution in [-0.4, -0.2) is 51.9 Å². The number of rotatable bonds is 2. The van der Waals surface area contributed by atoms with Crippen LogP contribution in [0.2, 0.25) is 0 Å². The first-order valence-electron chi connectivity index (χ1n) is 8.97. The molecule has 1 saturated heterocycles. The van der Waals surface area contributed by atoms with E-state index in [1.54, 1.807) is 20.8 Å². The van der Waals surface area contributed by atoms with Crippen molar-refractivity contribution in [3.05, 3.63) is 35.4 Å². The normalized spacial score (nSPS) is 27.7. The molecule has 0 aromatic heterocycles. The third-order valence-electron chi connectivity index (χ3n) is 5.09. The number of thioether (sulfide) groups is 1. The molecule has 0 bridgehead atoms. The predicted molar refractivity (Wildman–Crippen MR) is 101 cm³/mol. The van der Waals surface area contributed by atoms with Gasteiger partial charge in [0.25, 0.3) is 0 Å². The largest absolute Gasteiger partial charge is 0.465 e. The molecule has 1 N–H and O–H groups in total. The van der Waals surface area contributed by atoms with Gasteiger partial charge in [-0.3, -0.25) is 4.90 Å². The summed E-state index contributed by atoms with van der Waals surface area (Å²) in [5, 5.41) is 9.93. The van der Waals surface area contributed by atoms with Gasteiger partial charge in [-0.25, -0.2) is 23.0 Å². The molecule has 2 aliphatic rings. The van der Waals surface area contributed by atoms with Crippen LogP contribution in [0, 0.1) is 17.6 Å². The average molecular weight is 416 g/mol. The van der Waals surface area contributed by atoms with Gasteiger partial charge in [-0.15, -0.1) is 0 Å². The first-order valence-corrected chi connectivity index (χ1v) is 9.96. The molecule has 9 heteroatoms. The maximum atomic E-state index is 14.7. The number of aliphatic imine (C=N–C) groups is 1. The van der Waals surface area contributed by atoms with E-state index in [-0.39, 0.29) is 23.3 Å². The Bertz CT molecular complexity index is 799. The van der Waals surface area contributed by atoms with Crippen molar-refractivity contribution in [2.45, 2.75) is 44.4 Å². The van der Waals surface area contributed by atoms with E-state index < -0.39 is 41.6 Å². The standard InChI is InChI=1S/C19H23F3N2O3S/c1-18(2,3)24(17(25)26)16-23-19(14-5-4-12(21)7-15(14)22)10-27-13(8-20)6-11(19)9-28-16/h4-5,7,11,13H,6,8-10H2,1-3H3,(H,25,26)/t11-,13+,19-/m0/s1. The number of ether oxygens (including phenoxy) is 1. The highest BCUT2D eigenvalue weighted by Crippen LogP contribution is 2.48. The molecule has 1 amide bonds. The number of amidine groups is 1. The number of amides is 1. The minimum absolute atomic E-state index is 0.101. The van der Waals surface area contributed by atoms with Crippen LogP contribution in [0.3, 0.4) is 0 Å². The van der Waals surface area contributed by atoms with Crippen LogP contribution in [0.1, 0.15) is 32.8 Å². The molecule has 0 unspecified atom stereocenters. The minimum atomic E-state index is -1.23. The van der Waals surface area contributed by atoms with Crippen LogP contribution in [0.5, 0.6) is 0 Å². The lowest BCUT2D eigenvalue weighted by Crippen LogP contribution is -2.55. The second kappa shape index (κ2) is 7.59. The molecule has 1 aromatic carbocycles. The molecule has 5 nitrogen and oxygen atoms in total. The summed E-state index contributed by atoms with van der Waals surface area (Å²) < 4.78 is 47.0. The zero-order chi connectivity index (χ0) is 20.7. The number of carbonyl (C=O) groups is 1. The third-order valence-corrected chi connectivity index (χ3v) is 6.19. The van der Waals surface area contributed by atoms with E-state index in [0.29, 0.717) is 12.2 Å². The molecule has 2 heterocycles. The van der Waals surface area contributed by atoms with E-state index in [4.69, 9.17) is 4.74 Å². The van der Waals surface area contributed by atoms with E-state index in [2.05, 4.69) is 4.99 Å². The summed E-state index contributed by atoms with van der Waals surface area (Å²) in [6.45, 7) is 4.44. The van der Waals surface area contributed by atoms with Crippen molar-refractivity contribution in [2.24, 2.45) is 10.9 Å². The summed E-state index contributed by atoms with van der Waals surface area (Å²) in [6.07, 6.45) is -1.47. The van der Waals surface area contributed by atoms with Gasteiger partial charge in [0, 0.05) is 28.8 Å². The molecule has 2 aliphatic heterocycles. The Labute approximate surface area is 166 Å². The molecular formula is C19H23F3N2O3S. The van der Waals surface area contributed by atoms with Crippen molar-refractivity contribution in [3.63, 3.8) is 0 Å². The van der Waals surface area contributed by atoms with Crippen molar-refractivity contribution in [1.82, 2.24) is 4.90 Å². The van der Waals surface area contributed by atoms with Crippen molar-refractivity contribution in [3.8, 4) is 0 Å². The fraction of sp³-hybridized carbons (Fsp3) is 0.579. The highest BCUT2D eigenvalue weighted by molar-refractivity contribution is 8.13. The van der Waals surface area contributed by atoms with Gasteiger partial charge in [0.15, 0.2) is 5.17 Å². The molecule has 1 aromatic rings. The average Bonchev–Trinajstić information content (AvgIpc) is 2.59. The van der Waals surface area contributed by atoms with Gasteiger partial charge in [-0.2, -0.15) is 0 Å². The van der Waals surface area contributed by atoms with E-state index in [0.717, 1.165) is 17.0 Å². The molecule has 3 atom stereocenters. The van der Waals surface area contributed by atoms with Gasteiger partial charge in [0.1, 0.15) is 23.8 Å². The summed E-state index contributed by atoms with van der Waals surface area (Å²) in [6, 6.07) is 3.23. The maximum absolute atomic E-state index is 14.7. The van der Waals surface area contributed by atoms with Gasteiger partial charge in [-0.1, -0.05) is 17.8 Å². The summed E-state index contributed by atoms with van der Waals surface area (Å²) in [7, 11) is 0. The van der Waals surface area contributed by atoms with E-state index in [1.165, 1.54) is 17.8 Å². The smallest absolute Gasteiger partial charge is 0.413 e. The molecule has 0 radical (unpaired) electrons. The zero-order valence-corrected chi connectivity index (χ0v) is 16.7. The van der Waals surface area contributed by atoms with Gasteiger partial charge in [0.2, 0.25) is 0 Å². The SMILES string of the molecule is CC(C)(C)N(C(=O)O)C1=N[C@@]2(c3ccc(F)cc3F)CO[C@@H](CF)C[C@H]2CS1. The Hall–Kier alpha value is -1.74. The van der Waals surface area contributed by atoms with Crippen molar-refractivity contribution in [1.29, 1.82) is 0 Å². The number of nitrogens with zero attached hydrogens (tertiary/aromatic N) is 2. The van der Waals surface area contributed by atoms with E-state index >= 15 is 0 Å². The van der Waals surface area contributed by atoms with E-state index in [9.17, 15) is 23.1 Å². The second-order valence-electron chi connectivity index (χ2n) is 8.06. The summed E-state index contributed by atoms with van der Waals surface area (Å²) >= 11 is 1.25. The minimum Gasteiger partial charge on any atom is -0.465 e. The van der Waals surface area contributed by atoms with Gasteiger partial charge >= 0.3 is 6.09 Å². The van der Waals surface area contributed by atoms with Gasteiger partial charge in [0.05, 0.1) is 12.7 Å². The molecule has 1 fully saturated rings. The number of fused-ring (bicyclic) bond motifs is 1. The fourth-order valence-electron chi connectivity index (χ4n) is 3.73. The lowest BCUT2D eigenvalue weighted by molar-refractivity contribution is -0.0657. The molecular weight excluding hydrogens is 393 g/mol. The van der Waals surface area contributed by atoms with Crippen molar-refractivity contribution >= 4 is 23.0 Å². The van der Waals surface area contributed by atoms with Crippen molar-refractivity contribution in [2.75, 3.05) is 19.0 Å². The van der Waals surface area contributed by atoms with Crippen molar-refractivity contribution < 1.29 is 27.8 Å². The molecule has 0 saturated carbocycles. The second-order valence-corrected chi connectivity index (χ2v) is 9.05.